The predicted octanol–water partition coefficient (Wildman–Crippen LogP) is 3.69. The van der Waals surface area contributed by atoms with E-state index in [0.29, 0.717) is 24.3 Å². The number of hydrogen-bond donors (Lipinski definition) is 0. The summed E-state index contributed by atoms with van der Waals surface area (Å²) in [4.78, 5) is 6.86. The Morgan fingerprint density at radius 3 is 2.73 bits per heavy atom. The molecule has 1 aliphatic rings. The van der Waals surface area contributed by atoms with Crippen LogP contribution in [0.1, 0.15) is 18.4 Å². The summed E-state index contributed by atoms with van der Waals surface area (Å²) in [6.07, 6.45) is 1.07. The maximum Gasteiger partial charge on any atom is 0.246 e. The molecule has 0 aliphatic carbocycles. The second-order valence-electron chi connectivity index (χ2n) is 5.69. The monoisotopic (exact) mass is 291 g/mol. The van der Waals surface area contributed by atoms with Crippen molar-refractivity contribution in [1.82, 2.24) is 10.1 Å². The lowest BCUT2D eigenvalue weighted by Gasteiger charge is -2.22. The number of rotatable bonds is 3. The molecule has 110 valence electrons. The van der Waals surface area contributed by atoms with Crippen LogP contribution < -0.4 is 4.90 Å². The molecule has 2 heterocycles. The van der Waals surface area contributed by atoms with Gasteiger partial charge in [0, 0.05) is 17.3 Å². The fourth-order valence-electron chi connectivity index (χ4n) is 3.04. The molecule has 1 aliphatic heterocycles. The Bertz CT molecular complexity index is 782. The van der Waals surface area contributed by atoms with E-state index < -0.39 is 0 Å². The standard InChI is InChI=1S/C18H17N3O/c1-13-11-15-9-5-6-10-16(15)21(13)12-17-19-18(20-22-17)14-7-3-2-4-8-14/h2-10,13H,11-12H2,1H3/t13-/m1/s1. The Morgan fingerprint density at radius 1 is 1.09 bits per heavy atom. The third kappa shape index (κ3) is 2.26. The summed E-state index contributed by atoms with van der Waals surface area (Å²) in [7, 11) is 0. The van der Waals surface area contributed by atoms with Crippen LogP contribution >= 0.6 is 0 Å². The highest BCUT2D eigenvalue weighted by atomic mass is 16.5. The Morgan fingerprint density at radius 2 is 1.86 bits per heavy atom. The van der Waals surface area contributed by atoms with E-state index in [1.165, 1.54) is 11.3 Å². The molecule has 0 amide bonds. The minimum atomic E-state index is 0.449. The van der Waals surface area contributed by atoms with Gasteiger partial charge in [-0.25, -0.2) is 0 Å². The number of aromatic nitrogens is 2. The molecule has 4 nitrogen and oxygen atoms in total. The quantitative estimate of drug-likeness (QED) is 0.738. The molecule has 0 fully saturated rings. The SMILES string of the molecule is C[C@@H]1Cc2ccccc2N1Cc1nc(-c2ccccc2)no1. The van der Waals surface area contributed by atoms with E-state index in [2.05, 4.69) is 46.2 Å². The molecule has 4 heteroatoms. The lowest BCUT2D eigenvalue weighted by Crippen LogP contribution is -2.28. The molecule has 0 N–H and O–H groups in total. The summed E-state index contributed by atoms with van der Waals surface area (Å²) in [5.74, 6) is 1.30. The smallest absolute Gasteiger partial charge is 0.246 e. The minimum Gasteiger partial charge on any atom is -0.359 e. The van der Waals surface area contributed by atoms with Gasteiger partial charge in [-0.1, -0.05) is 53.7 Å². The molecular weight excluding hydrogens is 274 g/mol. The lowest BCUT2D eigenvalue weighted by atomic mass is 10.1. The molecule has 1 atom stereocenters. The highest BCUT2D eigenvalue weighted by Gasteiger charge is 2.27. The molecule has 3 aromatic rings. The van der Waals surface area contributed by atoms with Gasteiger partial charge in [0.15, 0.2) is 0 Å². The molecule has 0 unspecified atom stereocenters. The van der Waals surface area contributed by atoms with Crippen LogP contribution in [-0.2, 0) is 13.0 Å². The summed E-state index contributed by atoms with van der Waals surface area (Å²) in [6, 6.07) is 18.9. The molecule has 0 saturated heterocycles. The summed E-state index contributed by atoms with van der Waals surface area (Å²) in [6.45, 7) is 2.88. The van der Waals surface area contributed by atoms with E-state index in [1.54, 1.807) is 0 Å². The van der Waals surface area contributed by atoms with E-state index in [9.17, 15) is 0 Å². The van der Waals surface area contributed by atoms with Crippen LogP contribution in [0.25, 0.3) is 11.4 Å². The van der Waals surface area contributed by atoms with Crippen molar-refractivity contribution in [2.24, 2.45) is 0 Å². The van der Waals surface area contributed by atoms with Crippen LogP contribution in [0, 0.1) is 0 Å². The molecule has 22 heavy (non-hydrogen) atoms. The van der Waals surface area contributed by atoms with Crippen LogP contribution in [0.5, 0.6) is 0 Å². The van der Waals surface area contributed by atoms with Gasteiger partial charge in [-0.3, -0.25) is 0 Å². The van der Waals surface area contributed by atoms with Crippen LogP contribution in [0.3, 0.4) is 0 Å². The van der Waals surface area contributed by atoms with Crippen molar-refractivity contribution in [3.05, 3.63) is 66.1 Å². The first-order valence-corrected chi connectivity index (χ1v) is 7.54. The summed E-state index contributed by atoms with van der Waals surface area (Å²) < 4.78 is 5.44. The van der Waals surface area contributed by atoms with Crippen LogP contribution in [0.15, 0.2) is 59.1 Å². The molecule has 0 radical (unpaired) electrons. The Hall–Kier alpha value is -2.62. The van der Waals surface area contributed by atoms with Crippen molar-refractivity contribution in [2.45, 2.75) is 25.9 Å². The Balaban J connectivity index is 1.59. The summed E-state index contributed by atoms with van der Waals surface area (Å²) in [5, 5.41) is 4.10. The first-order valence-electron chi connectivity index (χ1n) is 7.54. The molecular formula is C18H17N3O. The number of fused-ring (bicyclic) bond motifs is 1. The van der Waals surface area contributed by atoms with E-state index in [-0.39, 0.29) is 0 Å². The van der Waals surface area contributed by atoms with E-state index >= 15 is 0 Å². The number of nitrogens with zero attached hydrogens (tertiary/aromatic N) is 3. The maximum absolute atomic E-state index is 5.44. The Kier molecular flexibility index (Phi) is 3.15. The minimum absolute atomic E-state index is 0.449. The van der Waals surface area contributed by atoms with Crippen LogP contribution in [0.4, 0.5) is 5.69 Å². The molecule has 1 aromatic heterocycles. The third-order valence-electron chi connectivity index (χ3n) is 4.15. The fourth-order valence-corrected chi connectivity index (χ4v) is 3.04. The van der Waals surface area contributed by atoms with Gasteiger partial charge in [-0.05, 0) is 25.0 Å². The molecule has 0 spiro atoms. The zero-order valence-electron chi connectivity index (χ0n) is 12.4. The average molecular weight is 291 g/mol. The van der Waals surface area contributed by atoms with Crippen molar-refractivity contribution in [1.29, 1.82) is 0 Å². The van der Waals surface area contributed by atoms with Gasteiger partial charge in [0.25, 0.3) is 0 Å². The second kappa shape index (κ2) is 5.30. The fraction of sp³-hybridized carbons (Fsp3) is 0.222. The number of hydrogen-bond acceptors (Lipinski definition) is 4. The number of anilines is 1. The van der Waals surface area contributed by atoms with Gasteiger partial charge in [-0.15, -0.1) is 0 Å². The van der Waals surface area contributed by atoms with Crippen LogP contribution in [0.2, 0.25) is 0 Å². The molecule has 2 aromatic carbocycles. The number of para-hydroxylation sites is 1. The first-order chi connectivity index (χ1) is 10.8. The van der Waals surface area contributed by atoms with Crippen LogP contribution in [-0.4, -0.2) is 16.2 Å². The summed E-state index contributed by atoms with van der Waals surface area (Å²) in [5.41, 5.74) is 3.64. The molecule has 4 rings (SSSR count). The van der Waals surface area contributed by atoms with Gasteiger partial charge < -0.3 is 9.42 Å². The van der Waals surface area contributed by atoms with E-state index in [1.807, 2.05) is 30.3 Å². The zero-order valence-corrected chi connectivity index (χ0v) is 12.4. The zero-order chi connectivity index (χ0) is 14.9. The predicted molar refractivity (Wildman–Crippen MR) is 85.5 cm³/mol. The highest BCUT2D eigenvalue weighted by Crippen LogP contribution is 2.33. The van der Waals surface area contributed by atoms with Crippen molar-refractivity contribution in [3.63, 3.8) is 0 Å². The largest absolute Gasteiger partial charge is 0.359 e. The van der Waals surface area contributed by atoms with Crippen molar-refractivity contribution in [2.75, 3.05) is 4.90 Å². The van der Waals surface area contributed by atoms with Crippen molar-refractivity contribution in [3.8, 4) is 11.4 Å². The van der Waals surface area contributed by atoms with Gasteiger partial charge in [0.05, 0.1) is 6.54 Å². The van der Waals surface area contributed by atoms with Gasteiger partial charge in [0.2, 0.25) is 11.7 Å². The molecule has 0 saturated carbocycles. The second-order valence-corrected chi connectivity index (χ2v) is 5.69. The van der Waals surface area contributed by atoms with E-state index in [4.69, 9.17) is 4.52 Å². The maximum atomic E-state index is 5.44. The van der Waals surface area contributed by atoms with Crippen molar-refractivity contribution >= 4 is 5.69 Å². The highest BCUT2D eigenvalue weighted by molar-refractivity contribution is 5.59. The van der Waals surface area contributed by atoms with Gasteiger partial charge >= 0.3 is 0 Å². The summed E-state index contributed by atoms with van der Waals surface area (Å²) >= 11 is 0. The van der Waals surface area contributed by atoms with Gasteiger partial charge in [-0.2, -0.15) is 4.98 Å². The normalized spacial score (nSPS) is 16.8. The number of benzene rings is 2. The van der Waals surface area contributed by atoms with Gasteiger partial charge in [0.1, 0.15) is 0 Å². The first kappa shape index (κ1) is 13.1. The van der Waals surface area contributed by atoms with E-state index in [0.717, 1.165) is 12.0 Å². The average Bonchev–Trinajstić information content (AvgIpc) is 3.14. The Labute approximate surface area is 129 Å². The molecule has 0 bridgehead atoms. The van der Waals surface area contributed by atoms with Crippen molar-refractivity contribution < 1.29 is 4.52 Å². The third-order valence-corrected chi connectivity index (χ3v) is 4.15. The topological polar surface area (TPSA) is 42.2 Å². The lowest BCUT2D eigenvalue weighted by molar-refractivity contribution is 0.374.